The molecule has 0 spiro atoms. The number of fused-ring (bicyclic) bond motifs is 1. The number of nitriles is 1. The molecule has 2 heterocycles. The summed E-state index contributed by atoms with van der Waals surface area (Å²) in [4.78, 5) is 15.8. The van der Waals surface area contributed by atoms with Crippen LogP contribution < -0.4 is 14.8 Å². The van der Waals surface area contributed by atoms with Gasteiger partial charge in [-0.2, -0.15) is 5.26 Å². The molecular weight excluding hydrogens is 298 g/mol. The van der Waals surface area contributed by atoms with Crippen LogP contribution in [0.15, 0.2) is 24.5 Å². The molecule has 1 aromatic heterocycles. The predicted octanol–water partition coefficient (Wildman–Crippen LogP) is 0.798. The minimum Gasteiger partial charge on any atom is -0.486 e. The average Bonchev–Trinajstić information content (AvgIpc) is 3.01. The number of amides is 1. The van der Waals surface area contributed by atoms with Gasteiger partial charge in [0.15, 0.2) is 11.5 Å². The van der Waals surface area contributed by atoms with Crippen LogP contribution in [0.1, 0.15) is 24.4 Å². The van der Waals surface area contributed by atoms with Crippen molar-refractivity contribution in [2.24, 2.45) is 0 Å². The smallest absolute Gasteiger partial charge is 0.252 e. The standard InChI is InChI=1S/C15H15N5O3/c1-10(11-2-3-12-13(6-11)23-5-4-22-12)18-15(21)8-20-9-17-14(7-16)19-20/h2-3,6,9-10H,4-5,8H2,1H3,(H,18,21)/t10-/m0/s1. The van der Waals surface area contributed by atoms with Crippen LogP contribution in [0.5, 0.6) is 11.5 Å². The van der Waals surface area contributed by atoms with Gasteiger partial charge >= 0.3 is 0 Å². The first kappa shape index (κ1) is 14.8. The van der Waals surface area contributed by atoms with Gasteiger partial charge in [-0.05, 0) is 24.6 Å². The highest BCUT2D eigenvalue weighted by Crippen LogP contribution is 2.32. The van der Waals surface area contributed by atoms with Crippen molar-refractivity contribution in [3.8, 4) is 17.6 Å². The minimum atomic E-state index is -0.221. The van der Waals surface area contributed by atoms with Crippen molar-refractivity contribution in [1.29, 1.82) is 5.26 Å². The van der Waals surface area contributed by atoms with Gasteiger partial charge in [-0.3, -0.25) is 4.79 Å². The van der Waals surface area contributed by atoms with Crippen LogP contribution in [0, 0.1) is 11.3 Å². The van der Waals surface area contributed by atoms with E-state index in [9.17, 15) is 4.79 Å². The number of hydrogen-bond donors (Lipinski definition) is 1. The zero-order valence-electron chi connectivity index (χ0n) is 12.5. The van der Waals surface area contributed by atoms with E-state index in [0.29, 0.717) is 24.7 Å². The lowest BCUT2D eigenvalue weighted by Gasteiger charge is -2.21. The van der Waals surface area contributed by atoms with Gasteiger partial charge in [0.2, 0.25) is 5.91 Å². The second-order valence-corrected chi connectivity index (χ2v) is 5.07. The zero-order valence-corrected chi connectivity index (χ0v) is 12.5. The molecule has 8 heteroatoms. The molecule has 0 fully saturated rings. The average molecular weight is 313 g/mol. The lowest BCUT2D eigenvalue weighted by atomic mass is 10.1. The molecule has 0 aliphatic carbocycles. The molecule has 1 N–H and O–H groups in total. The number of ether oxygens (including phenoxy) is 2. The summed E-state index contributed by atoms with van der Waals surface area (Å²) in [6.07, 6.45) is 1.35. The third kappa shape index (κ3) is 3.40. The summed E-state index contributed by atoms with van der Waals surface area (Å²) in [6.45, 7) is 2.95. The van der Waals surface area contributed by atoms with Crippen LogP contribution in [0.2, 0.25) is 0 Å². The maximum Gasteiger partial charge on any atom is 0.252 e. The molecule has 0 saturated carbocycles. The Morgan fingerprint density at radius 3 is 2.96 bits per heavy atom. The van der Waals surface area contributed by atoms with E-state index in [4.69, 9.17) is 14.7 Å². The third-order valence-electron chi connectivity index (χ3n) is 3.39. The maximum absolute atomic E-state index is 12.0. The molecule has 8 nitrogen and oxygen atoms in total. The van der Waals surface area contributed by atoms with Crippen molar-refractivity contribution in [2.45, 2.75) is 19.5 Å². The summed E-state index contributed by atoms with van der Waals surface area (Å²) in [5, 5.41) is 15.4. The highest BCUT2D eigenvalue weighted by molar-refractivity contribution is 5.76. The molecular formula is C15H15N5O3. The van der Waals surface area contributed by atoms with Crippen molar-refractivity contribution >= 4 is 5.91 Å². The largest absolute Gasteiger partial charge is 0.486 e. The monoisotopic (exact) mass is 313 g/mol. The first-order valence-electron chi connectivity index (χ1n) is 7.14. The Labute approximate surface area is 132 Å². The molecule has 0 bridgehead atoms. The zero-order chi connectivity index (χ0) is 16.2. The number of benzene rings is 1. The van der Waals surface area contributed by atoms with Crippen LogP contribution >= 0.6 is 0 Å². The van der Waals surface area contributed by atoms with E-state index in [1.54, 1.807) is 0 Å². The van der Waals surface area contributed by atoms with Gasteiger partial charge in [0, 0.05) is 0 Å². The maximum atomic E-state index is 12.0. The van der Waals surface area contributed by atoms with E-state index in [0.717, 1.165) is 5.56 Å². The van der Waals surface area contributed by atoms with Gasteiger partial charge in [0.05, 0.1) is 6.04 Å². The minimum absolute atomic E-state index is 0.00354. The number of hydrogen-bond acceptors (Lipinski definition) is 6. The quantitative estimate of drug-likeness (QED) is 0.895. The Bertz CT molecular complexity index is 765. The Balaban J connectivity index is 1.63. The predicted molar refractivity (Wildman–Crippen MR) is 78.7 cm³/mol. The van der Waals surface area contributed by atoms with Crippen molar-refractivity contribution in [3.63, 3.8) is 0 Å². The normalized spacial score (nSPS) is 13.9. The molecule has 1 atom stereocenters. The molecule has 0 unspecified atom stereocenters. The molecule has 118 valence electrons. The van der Waals surface area contributed by atoms with Crippen molar-refractivity contribution in [1.82, 2.24) is 20.1 Å². The van der Waals surface area contributed by atoms with E-state index < -0.39 is 0 Å². The van der Waals surface area contributed by atoms with Gasteiger partial charge in [0.1, 0.15) is 32.2 Å². The van der Waals surface area contributed by atoms with Crippen LogP contribution in [0.3, 0.4) is 0 Å². The van der Waals surface area contributed by atoms with E-state index in [2.05, 4.69) is 15.4 Å². The van der Waals surface area contributed by atoms with Crippen molar-refractivity contribution in [3.05, 3.63) is 35.9 Å². The number of aromatic nitrogens is 3. The van der Waals surface area contributed by atoms with Gasteiger partial charge in [-0.1, -0.05) is 6.07 Å². The Hall–Kier alpha value is -3.08. The lowest BCUT2D eigenvalue weighted by Crippen LogP contribution is -2.30. The van der Waals surface area contributed by atoms with Gasteiger partial charge < -0.3 is 14.8 Å². The number of nitrogens with zero attached hydrogens (tertiary/aromatic N) is 4. The molecule has 1 amide bonds. The first-order valence-corrected chi connectivity index (χ1v) is 7.14. The van der Waals surface area contributed by atoms with Crippen molar-refractivity contribution in [2.75, 3.05) is 13.2 Å². The summed E-state index contributed by atoms with van der Waals surface area (Å²) in [5.74, 6) is 1.22. The Morgan fingerprint density at radius 2 is 2.22 bits per heavy atom. The SMILES string of the molecule is C[C@H](NC(=O)Cn1cnc(C#N)n1)c1ccc2c(c1)OCCO2. The molecule has 0 radical (unpaired) electrons. The fourth-order valence-electron chi connectivity index (χ4n) is 2.27. The molecule has 1 aliphatic heterocycles. The van der Waals surface area contributed by atoms with Crippen LogP contribution in [0.4, 0.5) is 0 Å². The molecule has 3 rings (SSSR count). The van der Waals surface area contributed by atoms with E-state index in [-0.39, 0.29) is 24.3 Å². The molecule has 23 heavy (non-hydrogen) atoms. The van der Waals surface area contributed by atoms with E-state index in [1.165, 1.54) is 11.0 Å². The first-order chi connectivity index (χ1) is 11.2. The molecule has 2 aromatic rings. The topological polar surface area (TPSA) is 102 Å². The molecule has 1 aromatic carbocycles. The van der Waals surface area contributed by atoms with Gasteiger partial charge in [0.25, 0.3) is 5.82 Å². The Morgan fingerprint density at radius 1 is 1.43 bits per heavy atom. The summed E-state index contributed by atoms with van der Waals surface area (Å²) in [7, 11) is 0. The number of carbonyl (C=O) groups excluding carboxylic acids is 1. The van der Waals surface area contributed by atoms with Crippen LogP contribution in [-0.4, -0.2) is 33.9 Å². The number of nitrogens with one attached hydrogen (secondary N) is 1. The van der Waals surface area contributed by atoms with Crippen LogP contribution in [-0.2, 0) is 11.3 Å². The highest BCUT2D eigenvalue weighted by atomic mass is 16.6. The van der Waals surface area contributed by atoms with Gasteiger partial charge in [-0.15, -0.1) is 5.10 Å². The summed E-state index contributed by atoms with van der Waals surface area (Å²) >= 11 is 0. The molecule has 1 aliphatic rings. The van der Waals surface area contributed by atoms with Crippen molar-refractivity contribution < 1.29 is 14.3 Å². The second-order valence-electron chi connectivity index (χ2n) is 5.07. The summed E-state index contributed by atoms with van der Waals surface area (Å²) in [6, 6.07) is 7.21. The fourth-order valence-corrected chi connectivity index (χ4v) is 2.27. The highest BCUT2D eigenvalue weighted by Gasteiger charge is 2.16. The summed E-state index contributed by atoms with van der Waals surface area (Å²) in [5.41, 5.74) is 0.916. The lowest BCUT2D eigenvalue weighted by molar-refractivity contribution is -0.122. The fraction of sp³-hybridized carbons (Fsp3) is 0.333. The third-order valence-corrected chi connectivity index (χ3v) is 3.39. The van der Waals surface area contributed by atoms with Crippen LogP contribution in [0.25, 0.3) is 0 Å². The van der Waals surface area contributed by atoms with E-state index >= 15 is 0 Å². The van der Waals surface area contributed by atoms with E-state index in [1.807, 2.05) is 31.2 Å². The number of carbonyl (C=O) groups is 1. The Kier molecular flexibility index (Phi) is 4.10. The molecule has 0 saturated heterocycles. The van der Waals surface area contributed by atoms with Gasteiger partial charge in [-0.25, -0.2) is 9.67 Å². The summed E-state index contributed by atoms with van der Waals surface area (Å²) < 4.78 is 12.3. The second kappa shape index (κ2) is 6.36. The number of rotatable bonds is 4.